The largest absolute Gasteiger partial charge is 0.497 e. The average molecular weight is 369 g/mol. The topological polar surface area (TPSA) is 89.5 Å². The fourth-order valence-electron chi connectivity index (χ4n) is 3.73. The third-order valence-electron chi connectivity index (χ3n) is 5.34. The van der Waals surface area contributed by atoms with Crippen molar-refractivity contribution in [3.8, 4) is 5.75 Å². The number of carbonyl (C=O) groups is 1. The zero-order chi connectivity index (χ0) is 19.1. The van der Waals surface area contributed by atoms with Gasteiger partial charge in [-0.3, -0.25) is 9.48 Å². The highest BCUT2D eigenvalue weighted by Crippen LogP contribution is 2.38. The van der Waals surface area contributed by atoms with Gasteiger partial charge < -0.3 is 19.6 Å². The standard InChI is InChI=1S/C20H23N3O4/c1-11-16-5-4-15(26-3)8-17(16)27-19(11)20(25)22-18(12-6-14(24)7-12)13-9-21-23(2)10-13/h4-5,8-10,12,14,18,24H,6-7H2,1-3H3,(H,22,25). The Labute approximate surface area is 156 Å². The number of carbonyl (C=O) groups excluding carboxylic acids is 1. The second kappa shape index (κ2) is 6.74. The van der Waals surface area contributed by atoms with E-state index in [9.17, 15) is 9.90 Å². The fourth-order valence-corrected chi connectivity index (χ4v) is 3.73. The van der Waals surface area contributed by atoms with Crippen LogP contribution in [0.15, 0.2) is 35.0 Å². The number of benzene rings is 1. The van der Waals surface area contributed by atoms with Gasteiger partial charge in [-0.15, -0.1) is 0 Å². The van der Waals surface area contributed by atoms with E-state index in [0.717, 1.165) is 16.5 Å². The van der Waals surface area contributed by atoms with Crippen LogP contribution < -0.4 is 10.1 Å². The van der Waals surface area contributed by atoms with Crippen molar-refractivity contribution in [2.45, 2.75) is 31.9 Å². The van der Waals surface area contributed by atoms with Crippen molar-refractivity contribution >= 4 is 16.9 Å². The molecule has 0 bridgehead atoms. The second-order valence-electron chi connectivity index (χ2n) is 7.20. The number of aryl methyl sites for hydroxylation is 2. The van der Waals surface area contributed by atoms with Crippen LogP contribution in [0, 0.1) is 12.8 Å². The first-order valence-electron chi connectivity index (χ1n) is 9.01. The molecule has 2 N–H and O–H groups in total. The lowest BCUT2D eigenvalue weighted by Gasteiger charge is -2.37. The van der Waals surface area contributed by atoms with Crippen LogP contribution in [0.2, 0.25) is 0 Å². The summed E-state index contributed by atoms with van der Waals surface area (Å²) in [7, 11) is 3.44. The maximum Gasteiger partial charge on any atom is 0.287 e. The number of rotatable bonds is 5. The summed E-state index contributed by atoms with van der Waals surface area (Å²) in [6, 6.07) is 5.31. The van der Waals surface area contributed by atoms with E-state index in [1.807, 2.05) is 32.3 Å². The SMILES string of the molecule is COc1ccc2c(C)c(C(=O)NC(c3cnn(C)c3)C3CC(O)C3)oc2c1. The second-order valence-corrected chi connectivity index (χ2v) is 7.20. The summed E-state index contributed by atoms with van der Waals surface area (Å²) in [5, 5.41) is 17.9. The van der Waals surface area contributed by atoms with Crippen molar-refractivity contribution < 1.29 is 19.1 Å². The number of hydrogen-bond donors (Lipinski definition) is 2. The summed E-state index contributed by atoms with van der Waals surface area (Å²) in [4.78, 5) is 13.0. The minimum atomic E-state index is -0.300. The van der Waals surface area contributed by atoms with Gasteiger partial charge >= 0.3 is 0 Å². The Bertz CT molecular complexity index is 984. The summed E-state index contributed by atoms with van der Waals surface area (Å²) in [6.45, 7) is 1.87. The van der Waals surface area contributed by atoms with Crippen LogP contribution in [0.3, 0.4) is 0 Å². The Morgan fingerprint density at radius 3 is 2.85 bits per heavy atom. The molecule has 0 aliphatic heterocycles. The molecule has 7 nitrogen and oxygen atoms in total. The van der Waals surface area contributed by atoms with E-state index in [0.29, 0.717) is 29.9 Å². The van der Waals surface area contributed by atoms with Gasteiger partial charge in [0.25, 0.3) is 5.91 Å². The molecule has 0 spiro atoms. The van der Waals surface area contributed by atoms with Gasteiger partial charge in [0.1, 0.15) is 11.3 Å². The Kier molecular flexibility index (Phi) is 4.39. The van der Waals surface area contributed by atoms with Crippen LogP contribution in [0.25, 0.3) is 11.0 Å². The normalized spacial score (nSPS) is 20.3. The number of nitrogens with zero attached hydrogens (tertiary/aromatic N) is 2. The molecule has 1 fully saturated rings. The molecule has 1 unspecified atom stereocenters. The number of aromatic nitrogens is 2. The lowest BCUT2D eigenvalue weighted by molar-refractivity contribution is 0.0232. The molecule has 1 aliphatic carbocycles. The lowest BCUT2D eigenvalue weighted by atomic mass is 9.75. The number of nitrogens with one attached hydrogen (secondary N) is 1. The Balaban J connectivity index is 1.62. The van der Waals surface area contributed by atoms with Crippen LogP contribution in [0.5, 0.6) is 5.75 Å². The highest BCUT2D eigenvalue weighted by Gasteiger charge is 2.37. The highest BCUT2D eigenvalue weighted by atomic mass is 16.5. The maximum atomic E-state index is 13.0. The van der Waals surface area contributed by atoms with Crippen molar-refractivity contribution in [2.75, 3.05) is 7.11 Å². The molecule has 1 aliphatic rings. The molecule has 1 aromatic carbocycles. The van der Waals surface area contributed by atoms with Crippen LogP contribution in [-0.4, -0.2) is 34.0 Å². The maximum absolute atomic E-state index is 13.0. The van der Waals surface area contributed by atoms with Crippen molar-refractivity contribution in [1.82, 2.24) is 15.1 Å². The number of hydrogen-bond acceptors (Lipinski definition) is 5. The molecule has 1 atom stereocenters. The van der Waals surface area contributed by atoms with Crippen molar-refractivity contribution in [1.29, 1.82) is 0 Å². The first-order valence-corrected chi connectivity index (χ1v) is 9.01. The van der Waals surface area contributed by atoms with Crippen LogP contribution in [0.4, 0.5) is 0 Å². The van der Waals surface area contributed by atoms with E-state index >= 15 is 0 Å². The Hall–Kier alpha value is -2.80. The van der Waals surface area contributed by atoms with Gasteiger partial charge in [0.15, 0.2) is 5.76 Å². The van der Waals surface area contributed by atoms with Crippen LogP contribution in [0.1, 0.15) is 40.6 Å². The molecule has 1 saturated carbocycles. The predicted molar refractivity (Wildman–Crippen MR) is 99.6 cm³/mol. The average Bonchev–Trinajstić information content (AvgIpc) is 3.20. The predicted octanol–water partition coefficient (Wildman–Crippen LogP) is 2.73. The fraction of sp³-hybridized carbons (Fsp3) is 0.400. The molecule has 1 amide bonds. The van der Waals surface area contributed by atoms with Crippen LogP contribution in [-0.2, 0) is 7.05 Å². The van der Waals surface area contributed by atoms with E-state index in [4.69, 9.17) is 9.15 Å². The van der Waals surface area contributed by atoms with E-state index in [2.05, 4.69) is 10.4 Å². The lowest BCUT2D eigenvalue weighted by Crippen LogP contribution is -2.41. The summed E-state index contributed by atoms with van der Waals surface area (Å²) in [6.07, 6.45) is 4.68. The van der Waals surface area contributed by atoms with E-state index in [-0.39, 0.29) is 24.0 Å². The molecule has 0 radical (unpaired) electrons. The number of furan rings is 1. The zero-order valence-electron chi connectivity index (χ0n) is 15.6. The molecule has 27 heavy (non-hydrogen) atoms. The molecule has 7 heteroatoms. The van der Waals surface area contributed by atoms with Crippen molar-refractivity contribution in [2.24, 2.45) is 13.0 Å². The zero-order valence-corrected chi connectivity index (χ0v) is 15.6. The van der Waals surface area contributed by atoms with Gasteiger partial charge in [0.05, 0.1) is 25.5 Å². The van der Waals surface area contributed by atoms with Crippen LogP contribution >= 0.6 is 0 Å². The Morgan fingerprint density at radius 1 is 1.44 bits per heavy atom. The monoisotopic (exact) mass is 369 g/mol. The summed E-state index contributed by atoms with van der Waals surface area (Å²) in [5.41, 5.74) is 2.34. The number of aliphatic hydroxyl groups is 1. The van der Waals surface area contributed by atoms with Gasteiger partial charge in [0, 0.05) is 35.8 Å². The molecule has 142 valence electrons. The number of fused-ring (bicyclic) bond motifs is 1. The van der Waals surface area contributed by atoms with E-state index < -0.39 is 0 Å². The van der Waals surface area contributed by atoms with Crippen molar-refractivity contribution in [3.05, 3.63) is 47.5 Å². The third kappa shape index (κ3) is 3.19. The first kappa shape index (κ1) is 17.6. The summed E-state index contributed by atoms with van der Waals surface area (Å²) in [5.74, 6) is 0.891. The molecular formula is C20H23N3O4. The minimum Gasteiger partial charge on any atom is -0.497 e. The van der Waals surface area contributed by atoms with Gasteiger partial charge in [-0.2, -0.15) is 5.10 Å². The smallest absolute Gasteiger partial charge is 0.287 e. The molecule has 2 heterocycles. The van der Waals surface area contributed by atoms with Gasteiger partial charge in [0.2, 0.25) is 0 Å². The Morgan fingerprint density at radius 2 is 2.22 bits per heavy atom. The summed E-state index contributed by atoms with van der Waals surface area (Å²) < 4.78 is 12.8. The number of amides is 1. The van der Waals surface area contributed by atoms with E-state index in [1.165, 1.54) is 0 Å². The van der Waals surface area contributed by atoms with Gasteiger partial charge in [-0.05, 0) is 37.8 Å². The number of methoxy groups -OCH3 is 1. The molecule has 4 rings (SSSR count). The van der Waals surface area contributed by atoms with Gasteiger partial charge in [-0.1, -0.05) is 0 Å². The molecule has 2 aromatic heterocycles. The van der Waals surface area contributed by atoms with Crippen molar-refractivity contribution in [3.63, 3.8) is 0 Å². The minimum absolute atomic E-state index is 0.179. The number of aliphatic hydroxyl groups excluding tert-OH is 1. The third-order valence-corrected chi connectivity index (χ3v) is 5.34. The van der Waals surface area contributed by atoms with E-state index in [1.54, 1.807) is 24.1 Å². The van der Waals surface area contributed by atoms with Gasteiger partial charge in [-0.25, -0.2) is 0 Å². The molecule has 3 aromatic rings. The summed E-state index contributed by atoms with van der Waals surface area (Å²) >= 11 is 0. The number of ether oxygens (including phenoxy) is 1. The highest BCUT2D eigenvalue weighted by molar-refractivity contribution is 5.99. The first-order chi connectivity index (χ1) is 13.0. The molecular weight excluding hydrogens is 346 g/mol. The quantitative estimate of drug-likeness (QED) is 0.722. The molecule has 0 saturated heterocycles.